The van der Waals surface area contributed by atoms with Gasteiger partial charge in [-0.3, -0.25) is 19.1 Å². The Balaban J connectivity index is 1.72. The number of hydrogen-bond acceptors (Lipinski definition) is 4. The number of nitrogens with zero attached hydrogens (tertiary/aromatic N) is 3. The van der Waals surface area contributed by atoms with Gasteiger partial charge in [0.25, 0.3) is 5.56 Å². The summed E-state index contributed by atoms with van der Waals surface area (Å²) in [5, 5.41) is 6.40. The summed E-state index contributed by atoms with van der Waals surface area (Å²) in [4.78, 5) is 40.3. The predicted molar refractivity (Wildman–Crippen MR) is 116 cm³/mol. The smallest absolute Gasteiger partial charge is 0.273 e. The molecule has 0 saturated carbocycles. The molecule has 30 heavy (non-hydrogen) atoms. The number of benzene rings is 2. The summed E-state index contributed by atoms with van der Waals surface area (Å²) in [6.45, 7) is 5.05. The fourth-order valence-electron chi connectivity index (χ4n) is 3.59. The Labute approximate surface area is 172 Å². The summed E-state index contributed by atoms with van der Waals surface area (Å²) in [6, 6.07) is 15.3. The Morgan fingerprint density at radius 2 is 1.63 bits per heavy atom. The van der Waals surface area contributed by atoms with E-state index in [2.05, 4.69) is 15.6 Å². The zero-order valence-electron chi connectivity index (χ0n) is 16.8. The quantitative estimate of drug-likeness (QED) is 0.547. The lowest BCUT2D eigenvalue weighted by Gasteiger charge is -2.18. The Hall–Kier alpha value is -3.94. The number of nitrogens with one attached hydrogen (secondary N) is 2. The van der Waals surface area contributed by atoms with E-state index in [0.717, 1.165) is 10.9 Å². The molecule has 2 amide bonds. The highest BCUT2D eigenvalue weighted by Crippen LogP contribution is 2.25. The van der Waals surface area contributed by atoms with Gasteiger partial charge in [0.1, 0.15) is 6.04 Å². The highest BCUT2D eigenvalue weighted by Gasteiger charge is 2.22. The van der Waals surface area contributed by atoms with Crippen LogP contribution < -0.4 is 16.2 Å². The van der Waals surface area contributed by atoms with Crippen LogP contribution in [0.2, 0.25) is 0 Å². The largest absolute Gasteiger partial charge is 0.326 e. The normalized spacial score (nSPS) is 12.1. The highest BCUT2D eigenvalue weighted by molar-refractivity contribution is 5.97. The van der Waals surface area contributed by atoms with Gasteiger partial charge < -0.3 is 10.6 Å². The molecular weight excluding hydrogens is 382 g/mol. The number of rotatable bonds is 4. The van der Waals surface area contributed by atoms with Gasteiger partial charge in [0.2, 0.25) is 11.8 Å². The van der Waals surface area contributed by atoms with Crippen LogP contribution in [0.25, 0.3) is 16.6 Å². The van der Waals surface area contributed by atoms with Crippen LogP contribution >= 0.6 is 0 Å². The first kappa shape index (κ1) is 19.4. The number of para-hydroxylation sites is 1. The monoisotopic (exact) mass is 403 g/mol. The van der Waals surface area contributed by atoms with Gasteiger partial charge >= 0.3 is 0 Å². The predicted octanol–water partition coefficient (Wildman–Crippen LogP) is 3.12. The van der Waals surface area contributed by atoms with E-state index in [1.54, 1.807) is 35.7 Å². The van der Waals surface area contributed by atoms with E-state index in [1.807, 2.05) is 35.9 Å². The van der Waals surface area contributed by atoms with Crippen LogP contribution in [0.15, 0.2) is 59.4 Å². The molecule has 0 bridgehead atoms. The van der Waals surface area contributed by atoms with E-state index in [4.69, 9.17) is 0 Å². The van der Waals surface area contributed by atoms with Gasteiger partial charge in [-0.05, 0) is 50.2 Å². The fourth-order valence-corrected chi connectivity index (χ4v) is 3.59. The Kier molecular flexibility index (Phi) is 4.83. The first-order valence-electron chi connectivity index (χ1n) is 9.53. The number of hydrogen-bond donors (Lipinski definition) is 2. The lowest BCUT2D eigenvalue weighted by Crippen LogP contribution is -2.27. The molecule has 4 rings (SSSR count). The van der Waals surface area contributed by atoms with Crippen LogP contribution in [0.3, 0.4) is 0 Å². The van der Waals surface area contributed by atoms with Gasteiger partial charge in [0.05, 0.1) is 5.52 Å². The molecule has 0 spiro atoms. The molecule has 0 aliphatic carbocycles. The van der Waals surface area contributed by atoms with Crippen LogP contribution in [0.5, 0.6) is 0 Å². The van der Waals surface area contributed by atoms with E-state index in [0.29, 0.717) is 22.7 Å². The van der Waals surface area contributed by atoms with Crippen LogP contribution in [0, 0.1) is 6.92 Å². The van der Waals surface area contributed by atoms with Gasteiger partial charge in [0, 0.05) is 35.4 Å². The molecule has 1 atom stereocenters. The first-order chi connectivity index (χ1) is 14.3. The number of amides is 2. The molecule has 0 saturated heterocycles. The number of aryl methyl sites for hydroxylation is 1. The lowest BCUT2D eigenvalue weighted by molar-refractivity contribution is -0.119. The SMILES string of the molecule is CC(=O)Nc1ccc(NC(=O)[C@H](C)n2c3ccccc3c3nc(=O)cc(C)n32)cc1. The van der Waals surface area contributed by atoms with Gasteiger partial charge in [0.15, 0.2) is 5.65 Å². The molecule has 2 heterocycles. The van der Waals surface area contributed by atoms with Crippen molar-refractivity contribution in [3.8, 4) is 0 Å². The van der Waals surface area contributed by atoms with Crippen molar-refractivity contribution in [2.75, 3.05) is 10.6 Å². The summed E-state index contributed by atoms with van der Waals surface area (Å²) < 4.78 is 3.64. The second-order valence-electron chi connectivity index (χ2n) is 7.16. The number of aromatic nitrogens is 3. The van der Waals surface area contributed by atoms with Crippen LogP contribution in [-0.4, -0.2) is 26.0 Å². The maximum absolute atomic E-state index is 13.0. The van der Waals surface area contributed by atoms with E-state index in [9.17, 15) is 14.4 Å². The minimum Gasteiger partial charge on any atom is -0.326 e. The molecule has 2 N–H and O–H groups in total. The van der Waals surface area contributed by atoms with E-state index >= 15 is 0 Å². The van der Waals surface area contributed by atoms with Crippen LogP contribution in [0.4, 0.5) is 11.4 Å². The molecule has 0 fully saturated rings. The summed E-state index contributed by atoms with van der Waals surface area (Å²) in [5.41, 5.74) is 2.98. The molecule has 0 aliphatic heterocycles. The second kappa shape index (κ2) is 7.47. The summed E-state index contributed by atoms with van der Waals surface area (Å²) in [6.07, 6.45) is 0. The molecule has 8 nitrogen and oxygen atoms in total. The molecule has 2 aromatic carbocycles. The first-order valence-corrected chi connectivity index (χ1v) is 9.53. The summed E-state index contributed by atoms with van der Waals surface area (Å²) >= 11 is 0. The highest BCUT2D eigenvalue weighted by atomic mass is 16.2. The fraction of sp³-hybridized carbons (Fsp3) is 0.182. The molecule has 4 aromatic rings. The van der Waals surface area contributed by atoms with Crippen molar-refractivity contribution in [2.45, 2.75) is 26.8 Å². The van der Waals surface area contributed by atoms with E-state index in [-0.39, 0.29) is 17.4 Å². The van der Waals surface area contributed by atoms with Crippen molar-refractivity contribution in [1.29, 1.82) is 0 Å². The van der Waals surface area contributed by atoms with Crippen molar-refractivity contribution in [2.24, 2.45) is 0 Å². The van der Waals surface area contributed by atoms with Crippen molar-refractivity contribution >= 4 is 39.7 Å². The van der Waals surface area contributed by atoms with Gasteiger partial charge in [-0.2, -0.15) is 4.98 Å². The molecular formula is C22H21N5O3. The Morgan fingerprint density at radius 3 is 2.30 bits per heavy atom. The van der Waals surface area contributed by atoms with Crippen LogP contribution in [-0.2, 0) is 9.59 Å². The number of fused-ring (bicyclic) bond motifs is 3. The summed E-state index contributed by atoms with van der Waals surface area (Å²) in [5.74, 6) is -0.378. The second-order valence-corrected chi connectivity index (χ2v) is 7.16. The topological polar surface area (TPSA) is 97.5 Å². The van der Waals surface area contributed by atoms with E-state index < -0.39 is 6.04 Å². The van der Waals surface area contributed by atoms with Crippen molar-refractivity contribution in [1.82, 2.24) is 14.2 Å². The standard InChI is InChI=1S/C22H21N5O3/c1-13-12-20(29)25-21-18-6-4-5-7-19(18)27(26(13)21)14(2)22(30)24-17-10-8-16(9-11-17)23-15(3)28/h4-12,14H,1-3H3,(H,23,28)(H,24,30)/t14-/m0/s1. The lowest BCUT2D eigenvalue weighted by atomic mass is 10.2. The third kappa shape index (κ3) is 3.43. The Morgan fingerprint density at radius 1 is 1.00 bits per heavy atom. The van der Waals surface area contributed by atoms with E-state index in [1.165, 1.54) is 13.0 Å². The minimum absolute atomic E-state index is 0.158. The third-order valence-electron chi connectivity index (χ3n) is 4.91. The Bertz CT molecular complexity index is 1330. The van der Waals surface area contributed by atoms with Crippen molar-refractivity contribution < 1.29 is 9.59 Å². The minimum atomic E-state index is -0.578. The zero-order chi connectivity index (χ0) is 21.4. The maximum atomic E-state index is 13.0. The van der Waals surface area contributed by atoms with Crippen molar-refractivity contribution in [3.05, 3.63) is 70.6 Å². The zero-order valence-corrected chi connectivity index (χ0v) is 16.8. The van der Waals surface area contributed by atoms with Gasteiger partial charge in [-0.25, -0.2) is 4.52 Å². The maximum Gasteiger partial charge on any atom is 0.273 e. The summed E-state index contributed by atoms with van der Waals surface area (Å²) in [7, 11) is 0. The third-order valence-corrected chi connectivity index (χ3v) is 4.91. The molecule has 152 valence electrons. The molecule has 8 heteroatoms. The van der Waals surface area contributed by atoms with Crippen LogP contribution in [0.1, 0.15) is 25.6 Å². The molecule has 0 radical (unpaired) electrons. The molecule has 0 unspecified atom stereocenters. The number of anilines is 2. The molecule has 2 aromatic heterocycles. The van der Waals surface area contributed by atoms with Crippen molar-refractivity contribution in [3.63, 3.8) is 0 Å². The van der Waals surface area contributed by atoms with Gasteiger partial charge in [-0.15, -0.1) is 0 Å². The van der Waals surface area contributed by atoms with Gasteiger partial charge in [-0.1, -0.05) is 12.1 Å². The number of carbonyl (C=O) groups is 2. The molecule has 0 aliphatic rings. The average Bonchev–Trinajstić information content (AvgIpc) is 3.03. The number of carbonyl (C=O) groups excluding carboxylic acids is 2. The average molecular weight is 403 g/mol.